The van der Waals surface area contributed by atoms with Crippen molar-refractivity contribution < 1.29 is 9.90 Å². The van der Waals surface area contributed by atoms with Crippen molar-refractivity contribution in [1.82, 2.24) is 4.98 Å². The average molecular weight is 275 g/mol. The van der Waals surface area contributed by atoms with Crippen LogP contribution in [0.4, 0.5) is 0 Å². The summed E-state index contributed by atoms with van der Waals surface area (Å²) in [7, 11) is 0. The molecule has 0 atom stereocenters. The van der Waals surface area contributed by atoms with Gasteiger partial charge in [0.1, 0.15) is 0 Å². The van der Waals surface area contributed by atoms with Gasteiger partial charge in [0.2, 0.25) is 0 Å². The van der Waals surface area contributed by atoms with Crippen LogP contribution in [-0.4, -0.2) is 16.1 Å². The maximum Gasteiger partial charge on any atom is 0.336 e. The number of fused-ring (bicyclic) bond motifs is 3. The van der Waals surface area contributed by atoms with Gasteiger partial charge in [0.05, 0.1) is 5.56 Å². The Morgan fingerprint density at radius 3 is 2.61 bits per heavy atom. The van der Waals surface area contributed by atoms with Crippen molar-refractivity contribution in [2.45, 2.75) is 9.79 Å². The number of carboxylic acid groups (broad SMARTS) is 1. The summed E-state index contributed by atoms with van der Waals surface area (Å²) >= 11 is 8.63. The van der Waals surface area contributed by atoms with Gasteiger partial charge in [-0.05, 0) is 24.3 Å². The zero-order valence-corrected chi connectivity index (χ0v) is 10.9. The first-order valence-electron chi connectivity index (χ1n) is 5.27. The molecule has 3 nitrogen and oxygen atoms in total. The van der Waals surface area contributed by atoms with Gasteiger partial charge in [-0.2, -0.15) is 0 Å². The summed E-state index contributed by atoms with van der Waals surface area (Å²) in [6, 6.07) is 9.00. The molecular formula is C13H9NO2S2. The van der Waals surface area contributed by atoms with Crippen LogP contribution in [0.3, 0.4) is 0 Å². The van der Waals surface area contributed by atoms with Crippen LogP contribution in [0, 0.1) is 0 Å². The van der Waals surface area contributed by atoms with E-state index in [9.17, 15) is 9.90 Å². The molecule has 0 unspecified atom stereocenters. The lowest BCUT2D eigenvalue weighted by atomic mass is 10.1. The molecule has 1 aromatic heterocycles. The number of rotatable bonds is 1. The fourth-order valence-corrected chi connectivity index (χ4v) is 2.79. The molecule has 0 aliphatic carbocycles. The normalized spacial score (nSPS) is 11.2. The maximum absolute atomic E-state index is 11.3. The van der Waals surface area contributed by atoms with Crippen LogP contribution in [0.2, 0.25) is 0 Å². The van der Waals surface area contributed by atoms with Gasteiger partial charge in [-0.3, -0.25) is 0 Å². The number of aromatic carboxylic acids is 1. The Labute approximate surface area is 114 Å². The molecule has 0 saturated carbocycles. The monoisotopic (exact) mass is 275 g/mol. The summed E-state index contributed by atoms with van der Waals surface area (Å²) in [5.41, 5.74) is 1.88. The Morgan fingerprint density at radius 2 is 1.89 bits per heavy atom. The minimum absolute atomic E-state index is 0.241. The Hall–Kier alpha value is -1.59. The second-order valence-corrected chi connectivity index (χ2v) is 5.04. The summed E-state index contributed by atoms with van der Waals surface area (Å²) < 4.78 is 0. The smallest absolute Gasteiger partial charge is 0.336 e. The zero-order chi connectivity index (χ0) is 12.9. The van der Waals surface area contributed by atoms with Crippen molar-refractivity contribution in [3.05, 3.63) is 35.9 Å². The highest BCUT2D eigenvalue weighted by Gasteiger charge is 2.16. The van der Waals surface area contributed by atoms with Crippen LogP contribution in [-0.2, 0) is 0 Å². The van der Waals surface area contributed by atoms with Gasteiger partial charge in [-0.1, -0.05) is 6.07 Å². The van der Waals surface area contributed by atoms with E-state index in [1.807, 2.05) is 24.3 Å². The van der Waals surface area contributed by atoms with Crippen LogP contribution in [0.5, 0.6) is 0 Å². The van der Waals surface area contributed by atoms with E-state index in [0.717, 1.165) is 21.3 Å². The first-order chi connectivity index (χ1) is 8.58. The molecule has 0 spiro atoms. The number of hydrogen-bond donors (Lipinski definition) is 4. The van der Waals surface area contributed by atoms with E-state index in [1.165, 1.54) is 0 Å². The average Bonchev–Trinajstić information content (AvgIpc) is 2.66. The van der Waals surface area contributed by atoms with E-state index in [0.29, 0.717) is 10.3 Å². The van der Waals surface area contributed by atoms with Crippen molar-refractivity contribution in [3.63, 3.8) is 0 Å². The first kappa shape index (κ1) is 11.5. The third kappa shape index (κ3) is 1.59. The quantitative estimate of drug-likeness (QED) is 0.513. The number of hydrogen-bond acceptors (Lipinski definition) is 3. The van der Waals surface area contributed by atoms with Crippen molar-refractivity contribution in [2.75, 3.05) is 0 Å². The third-order valence-electron chi connectivity index (χ3n) is 2.92. The Kier molecular flexibility index (Phi) is 2.53. The first-order valence-corrected chi connectivity index (χ1v) is 6.17. The molecule has 18 heavy (non-hydrogen) atoms. The summed E-state index contributed by atoms with van der Waals surface area (Å²) in [6.45, 7) is 0. The van der Waals surface area contributed by atoms with Gasteiger partial charge in [-0.25, -0.2) is 4.79 Å². The molecule has 0 aliphatic rings. The van der Waals surface area contributed by atoms with Crippen molar-refractivity contribution in [3.8, 4) is 0 Å². The summed E-state index contributed by atoms with van der Waals surface area (Å²) in [5, 5.41) is 10.8. The topological polar surface area (TPSA) is 53.1 Å². The van der Waals surface area contributed by atoms with Gasteiger partial charge < -0.3 is 10.1 Å². The highest BCUT2D eigenvalue weighted by molar-refractivity contribution is 7.80. The third-order valence-corrected chi connectivity index (χ3v) is 3.55. The van der Waals surface area contributed by atoms with E-state index < -0.39 is 5.97 Å². The fraction of sp³-hybridized carbons (Fsp3) is 0. The van der Waals surface area contributed by atoms with Crippen molar-refractivity contribution in [1.29, 1.82) is 0 Å². The Morgan fingerprint density at radius 1 is 1.11 bits per heavy atom. The molecule has 0 saturated heterocycles. The van der Waals surface area contributed by atoms with E-state index in [2.05, 4.69) is 30.2 Å². The molecule has 5 heteroatoms. The Balaban J connectivity index is 2.61. The van der Waals surface area contributed by atoms with Gasteiger partial charge in [0, 0.05) is 31.6 Å². The number of carboxylic acids is 1. The van der Waals surface area contributed by atoms with Crippen LogP contribution in [0.15, 0.2) is 40.1 Å². The molecule has 0 fully saturated rings. The SMILES string of the molecule is O=C(O)c1cc(S)cc2[nH]c3cccc(S)c3c12. The highest BCUT2D eigenvalue weighted by Crippen LogP contribution is 2.34. The summed E-state index contributed by atoms with van der Waals surface area (Å²) in [6.07, 6.45) is 0. The molecule has 0 amide bonds. The molecule has 0 radical (unpaired) electrons. The van der Waals surface area contributed by atoms with Crippen molar-refractivity contribution >= 4 is 53.0 Å². The minimum Gasteiger partial charge on any atom is -0.478 e. The molecule has 0 aliphatic heterocycles. The summed E-state index contributed by atoms with van der Waals surface area (Å²) in [4.78, 5) is 15.9. The predicted octanol–water partition coefficient (Wildman–Crippen LogP) is 3.60. The van der Waals surface area contributed by atoms with Gasteiger partial charge in [0.25, 0.3) is 0 Å². The molecule has 2 aromatic carbocycles. The number of aromatic nitrogens is 1. The number of thiol groups is 2. The molecule has 1 heterocycles. The van der Waals surface area contributed by atoms with Crippen LogP contribution >= 0.6 is 25.3 Å². The highest BCUT2D eigenvalue weighted by atomic mass is 32.1. The Bertz CT molecular complexity index is 792. The van der Waals surface area contributed by atoms with Crippen LogP contribution in [0.1, 0.15) is 10.4 Å². The molecular weight excluding hydrogens is 266 g/mol. The number of H-pyrrole nitrogens is 1. The predicted molar refractivity (Wildman–Crippen MR) is 77.3 cm³/mol. The molecule has 0 bridgehead atoms. The maximum atomic E-state index is 11.3. The molecule has 3 aromatic rings. The van der Waals surface area contributed by atoms with Crippen LogP contribution < -0.4 is 0 Å². The second-order valence-electron chi connectivity index (χ2n) is 4.05. The van der Waals surface area contributed by atoms with E-state index >= 15 is 0 Å². The van der Waals surface area contributed by atoms with Gasteiger partial charge >= 0.3 is 5.97 Å². The molecule has 90 valence electrons. The molecule has 3 rings (SSSR count). The van der Waals surface area contributed by atoms with Crippen LogP contribution in [0.25, 0.3) is 21.8 Å². The lowest BCUT2D eigenvalue weighted by Gasteiger charge is -2.01. The van der Waals surface area contributed by atoms with E-state index in [4.69, 9.17) is 0 Å². The van der Waals surface area contributed by atoms with Gasteiger partial charge in [0.15, 0.2) is 0 Å². The number of benzene rings is 2. The summed E-state index contributed by atoms with van der Waals surface area (Å²) in [5.74, 6) is -0.964. The number of nitrogens with one attached hydrogen (secondary N) is 1. The van der Waals surface area contributed by atoms with Gasteiger partial charge in [-0.15, -0.1) is 25.3 Å². The fourth-order valence-electron chi connectivity index (χ4n) is 2.22. The number of aromatic amines is 1. The largest absolute Gasteiger partial charge is 0.478 e. The van der Waals surface area contributed by atoms with E-state index in [1.54, 1.807) is 6.07 Å². The standard InChI is InChI=1S/C13H9NO2S2/c15-13(16)7-4-6(17)5-9-11(7)12-8(14-9)2-1-3-10(12)18/h1-5,14,17-18H,(H,15,16). The second kappa shape index (κ2) is 3.96. The lowest BCUT2D eigenvalue weighted by Crippen LogP contribution is -1.97. The zero-order valence-electron chi connectivity index (χ0n) is 9.14. The van der Waals surface area contributed by atoms with Crippen molar-refractivity contribution in [2.24, 2.45) is 0 Å². The lowest BCUT2D eigenvalue weighted by molar-refractivity contribution is 0.0699. The minimum atomic E-state index is -0.964. The van der Waals surface area contributed by atoms with E-state index in [-0.39, 0.29) is 5.56 Å². The number of carbonyl (C=O) groups is 1. The molecule has 2 N–H and O–H groups in total.